The summed E-state index contributed by atoms with van der Waals surface area (Å²) in [7, 11) is -4.36. The van der Waals surface area contributed by atoms with Gasteiger partial charge in [0.15, 0.2) is 0 Å². The number of hydrogen-bond donors (Lipinski definition) is 3. The van der Waals surface area contributed by atoms with Crippen molar-refractivity contribution in [3.63, 3.8) is 0 Å². The second-order valence-corrected chi connectivity index (χ2v) is 23.4. The van der Waals surface area contributed by atoms with Gasteiger partial charge in [-0.15, -0.1) is 0 Å². The Morgan fingerprint density at radius 1 is 1.09 bits per heavy atom. The summed E-state index contributed by atoms with van der Waals surface area (Å²) < 4.78 is 72.9. The van der Waals surface area contributed by atoms with Crippen LogP contribution in [-0.4, -0.2) is 93.0 Å². The van der Waals surface area contributed by atoms with E-state index in [0.717, 1.165) is 10.1 Å². The molecule has 1 aliphatic heterocycles. The zero-order chi connectivity index (χ0) is 24.9. The third-order valence-corrected chi connectivity index (χ3v) is 21.7. The van der Waals surface area contributed by atoms with Gasteiger partial charge in [0.05, 0.1) is 5.75 Å². The molecule has 0 spiro atoms. The molecule has 3 N–H and O–H groups in total. The summed E-state index contributed by atoms with van der Waals surface area (Å²) in [4.78, 5) is 0. The van der Waals surface area contributed by atoms with Crippen LogP contribution in [-0.2, 0) is 24.0 Å². The van der Waals surface area contributed by atoms with Crippen molar-refractivity contribution in [2.24, 2.45) is 0 Å². The molecule has 8 nitrogen and oxygen atoms in total. The molecule has 192 valence electrons. The van der Waals surface area contributed by atoms with Gasteiger partial charge < -0.3 is 5.48 Å². The fourth-order valence-electron chi connectivity index (χ4n) is 2.12. The van der Waals surface area contributed by atoms with Crippen LogP contribution in [0.25, 0.3) is 0 Å². The monoisotopic (exact) mass is 711 g/mol. The summed E-state index contributed by atoms with van der Waals surface area (Å²) >= 11 is 5.54. The molecule has 2 aromatic carbocycles. The van der Waals surface area contributed by atoms with E-state index in [1.807, 2.05) is 58.6 Å². The van der Waals surface area contributed by atoms with E-state index >= 15 is 0 Å². The minimum atomic E-state index is -4.07. The number of benzene rings is 2. The standard InChI is InChI=1S/C9H11AsO3S3.C6H5AsO.C3H8O3S3.H2O/c11-16(12,13)7-9-6-14-10(15-9)8-4-2-1-3-5-8;8-7-6-4-2-1-3-5-6;4-9(5,6)2-3(8)1-7;/h1-5,9H,6-7H2,(H,11,12,13);1-5H;3,7-8H,1-2H2,(H,4,5,6);1H2/p-1. The molecule has 3 rings (SSSR count). The molecule has 1 fully saturated rings. The van der Waals surface area contributed by atoms with Crippen LogP contribution in [0.5, 0.6) is 0 Å². The van der Waals surface area contributed by atoms with E-state index in [-0.39, 0.29) is 27.5 Å². The van der Waals surface area contributed by atoms with E-state index in [0.29, 0.717) is 5.75 Å². The first kappa shape index (κ1) is 34.5. The Kier molecular flexibility index (Phi) is 18.2. The van der Waals surface area contributed by atoms with Crippen molar-refractivity contribution in [2.45, 2.75) is 10.5 Å². The minimum absolute atomic E-state index is 0. The molecule has 3 unspecified atom stereocenters. The van der Waals surface area contributed by atoms with Crippen molar-refractivity contribution in [1.82, 2.24) is 0 Å². The first-order chi connectivity index (χ1) is 15.4. The third kappa shape index (κ3) is 17.1. The topological polar surface area (TPSA) is 160 Å². The van der Waals surface area contributed by atoms with Crippen LogP contribution in [0.3, 0.4) is 0 Å². The molecule has 3 atom stereocenters. The van der Waals surface area contributed by atoms with Gasteiger partial charge in [0, 0.05) is 11.0 Å². The predicted molar refractivity (Wildman–Crippen MR) is 149 cm³/mol. The van der Waals surface area contributed by atoms with Gasteiger partial charge in [-0.3, -0.25) is 4.55 Å². The molecule has 1 saturated heterocycles. The van der Waals surface area contributed by atoms with Gasteiger partial charge >= 0.3 is 161 Å². The van der Waals surface area contributed by atoms with Crippen LogP contribution >= 0.6 is 45.3 Å². The first-order valence-electron chi connectivity index (χ1n) is 9.14. The normalized spacial score (nSPS) is 18.5. The summed E-state index contributed by atoms with van der Waals surface area (Å²) in [5, 5.41) is -0.393. The molecule has 0 aromatic heterocycles. The van der Waals surface area contributed by atoms with Crippen molar-refractivity contribution in [3.8, 4) is 0 Å². The van der Waals surface area contributed by atoms with Gasteiger partial charge in [-0.1, -0.05) is 0 Å². The van der Waals surface area contributed by atoms with Gasteiger partial charge in [-0.05, 0) is 0 Å². The predicted octanol–water partition coefficient (Wildman–Crippen LogP) is 0.415. The van der Waals surface area contributed by atoms with Crippen LogP contribution in [0.4, 0.5) is 0 Å². The zero-order valence-electron chi connectivity index (χ0n) is 17.6. The number of thiol groups is 2. The molecule has 1 aliphatic rings. The summed E-state index contributed by atoms with van der Waals surface area (Å²) in [6.07, 6.45) is 0. The van der Waals surface area contributed by atoms with Gasteiger partial charge in [0.2, 0.25) is 0 Å². The zero-order valence-corrected chi connectivity index (χ0v) is 26.4. The number of hydrogen-bond acceptors (Lipinski definition) is 10. The van der Waals surface area contributed by atoms with E-state index in [9.17, 15) is 25.1 Å². The van der Waals surface area contributed by atoms with E-state index < -0.39 is 48.3 Å². The number of rotatable bonds is 7. The van der Waals surface area contributed by atoms with E-state index in [1.165, 1.54) is 4.35 Å². The summed E-state index contributed by atoms with van der Waals surface area (Å²) in [5.41, 5.74) is 0. The molecule has 0 saturated carbocycles. The van der Waals surface area contributed by atoms with Crippen LogP contribution in [0.15, 0.2) is 60.7 Å². The first-order valence-corrected chi connectivity index (χ1v) is 22.5. The Morgan fingerprint density at radius 2 is 1.62 bits per heavy atom. The molecule has 0 amide bonds. The van der Waals surface area contributed by atoms with Gasteiger partial charge in [-0.25, -0.2) is 0 Å². The molecular formula is C18H25As2O8S6-. The molecule has 1 heterocycles. The van der Waals surface area contributed by atoms with Crippen molar-refractivity contribution in [1.29, 1.82) is 0 Å². The summed E-state index contributed by atoms with van der Waals surface area (Å²) in [6, 6.07) is 19.6. The average molecular weight is 712 g/mol. The van der Waals surface area contributed by atoms with E-state index in [4.69, 9.17) is 4.55 Å². The van der Waals surface area contributed by atoms with Crippen molar-refractivity contribution in [2.75, 3.05) is 23.0 Å². The second-order valence-electron chi connectivity index (χ2n) is 6.35. The maximum atomic E-state index is 10.7. The molecular weight excluding hydrogens is 686 g/mol. The fraction of sp³-hybridized carbons (Fsp3) is 0.333. The fourth-order valence-corrected chi connectivity index (χ4v) is 21.8. The van der Waals surface area contributed by atoms with Gasteiger partial charge in [0.1, 0.15) is 0 Å². The molecule has 2 aromatic rings. The maximum absolute atomic E-state index is 10.7. The van der Waals surface area contributed by atoms with Crippen LogP contribution in [0.1, 0.15) is 0 Å². The van der Waals surface area contributed by atoms with Gasteiger partial charge in [-0.2, -0.15) is 33.7 Å². The van der Waals surface area contributed by atoms with Gasteiger partial charge in [0.25, 0.3) is 10.1 Å². The Balaban J connectivity index is 0.000000519. The third-order valence-electron chi connectivity index (χ3n) is 3.45. The van der Waals surface area contributed by atoms with Crippen molar-refractivity contribution >= 4 is 102 Å². The summed E-state index contributed by atoms with van der Waals surface area (Å²) in [6.45, 7) is 0. The van der Waals surface area contributed by atoms with E-state index in [2.05, 4.69) is 37.4 Å². The molecule has 0 aliphatic carbocycles. The van der Waals surface area contributed by atoms with Crippen molar-refractivity contribution in [3.05, 3.63) is 60.7 Å². The quantitative estimate of drug-likeness (QED) is 0.210. The Morgan fingerprint density at radius 3 is 2.00 bits per heavy atom. The second kappa shape index (κ2) is 17.9. The molecule has 16 heteroatoms. The van der Waals surface area contributed by atoms with Crippen molar-refractivity contribution < 1.29 is 35.2 Å². The summed E-state index contributed by atoms with van der Waals surface area (Å²) in [5.74, 6) is 0.576. The Hall–Kier alpha value is 0.537. The van der Waals surface area contributed by atoms with E-state index in [1.54, 1.807) is 10.0 Å². The SMILES string of the molecule is O.O=S(=O)(O)CC(S)CS.O=S(=O)([O-])CC1CS[As](c2ccccc2)S1.O=[As]c1ccccc1. The Labute approximate surface area is 229 Å². The average Bonchev–Trinajstić information content (AvgIpc) is 3.21. The van der Waals surface area contributed by atoms with Crippen LogP contribution in [0, 0.1) is 0 Å². The molecule has 34 heavy (non-hydrogen) atoms. The van der Waals surface area contributed by atoms with Crippen LogP contribution < -0.4 is 8.70 Å². The molecule has 0 radical (unpaired) electrons. The van der Waals surface area contributed by atoms with Crippen LogP contribution in [0.2, 0.25) is 0 Å². The Bertz CT molecular complexity index is 1040. The molecule has 0 bridgehead atoms.